The van der Waals surface area contributed by atoms with Gasteiger partial charge in [-0.2, -0.15) is 9.59 Å². The van der Waals surface area contributed by atoms with E-state index in [2.05, 4.69) is 60.3 Å². The summed E-state index contributed by atoms with van der Waals surface area (Å²) in [5, 5.41) is 0. The zero-order valence-corrected chi connectivity index (χ0v) is 25.0. The smallest absolute Gasteiger partial charge is 0.373 e. The van der Waals surface area contributed by atoms with Crippen molar-refractivity contribution in [3.63, 3.8) is 0 Å². The van der Waals surface area contributed by atoms with Crippen molar-refractivity contribution in [2.45, 2.75) is 116 Å². The third-order valence-electron chi connectivity index (χ3n) is 3.29. The molecule has 0 bridgehead atoms. The first-order chi connectivity index (χ1) is 18.2. The van der Waals surface area contributed by atoms with Crippen LogP contribution in [0.2, 0.25) is 0 Å². The molecule has 0 radical (unpaired) electrons. The van der Waals surface area contributed by atoms with Gasteiger partial charge in [-0.15, -0.1) is 13.2 Å². The largest absolute Gasteiger partial charge is 0.469 e. The van der Waals surface area contributed by atoms with E-state index in [1.165, 1.54) is 40.2 Å². The summed E-state index contributed by atoms with van der Waals surface area (Å²) in [6.45, 7) is 17.2. The summed E-state index contributed by atoms with van der Waals surface area (Å²) in [6, 6.07) is 0. The van der Waals surface area contributed by atoms with Gasteiger partial charge in [0.15, 0.2) is 0 Å². The summed E-state index contributed by atoms with van der Waals surface area (Å²) in [7, 11) is 4.13. The highest BCUT2D eigenvalue weighted by molar-refractivity contribution is 5.71. The van der Waals surface area contributed by atoms with Crippen LogP contribution in [0, 0.1) is 0 Å². The minimum atomic E-state index is -0.241. The lowest BCUT2D eigenvalue weighted by molar-refractivity contribution is -0.191. The van der Waals surface area contributed by atoms with Crippen LogP contribution in [-0.2, 0) is 38.2 Å². The average molecular weight is 605 g/mol. The van der Waals surface area contributed by atoms with E-state index in [9.17, 15) is 14.4 Å². The van der Waals surface area contributed by atoms with Gasteiger partial charge in [-0.1, -0.05) is 113 Å². The molecule has 0 N–H and O–H groups in total. The predicted molar refractivity (Wildman–Crippen MR) is 181 cm³/mol. The van der Waals surface area contributed by atoms with Gasteiger partial charge in [0, 0.05) is 0 Å². The molecule has 252 valence electrons. The predicted octanol–water partition coefficient (Wildman–Crippen LogP) is 9.67. The fraction of sp³-hybridized carbons (Fsp3) is 0.588. The Morgan fingerprint density at radius 3 is 0.857 bits per heavy atom. The molecule has 0 spiro atoms. The molecule has 0 atom stereocenters. The number of methoxy groups -OCH3 is 3. The van der Waals surface area contributed by atoms with Crippen LogP contribution >= 0.6 is 0 Å². The molecule has 0 fully saturated rings. The minimum Gasteiger partial charge on any atom is -0.469 e. The maximum Gasteiger partial charge on any atom is 0.373 e. The molecular weight excluding hydrogens is 536 g/mol. The molecule has 0 aliphatic heterocycles. The number of carbonyl (C=O) groups is 3. The van der Waals surface area contributed by atoms with Gasteiger partial charge in [0.2, 0.25) is 0 Å². The first-order valence-corrected chi connectivity index (χ1v) is 12.5. The van der Waals surface area contributed by atoms with Crippen molar-refractivity contribution < 1.29 is 38.2 Å². The van der Waals surface area contributed by atoms with Gasteiger partial charge in [-0.3, -0.25) is 14.4 Å². The fourth-order valence-electron chi connectivity index (χ4n) is 1.39. The van der Waals surface area contributed by atoms with Crippen LogP contribution in [0.25, 0.3) is 0 Å². The zero-order valence-electron chi connectivity index (χ0n) is 25.0. The van der Waals surface area contributed by atoms with Crippen molar-refractivity contribution in [2.24, 2.45) is 0 Å². The minimum absolute atomic E-state index is 0. The zero-order chi connectivity index (χ0) is 30.9. The molecule has 0 rings (SSSR count). The molecule has 0 aliphatic rings. The van der Waals surface area contributed by atoms with Gasteiger partial charge in [0.1, 0.15) is 0 Å². The number of allylic oxidation sites excluding steroid dienone is 5. The SMILES string of the molecule is C.C.C.C.C=CCC.C=CCC(=O)OC.CC/C=C\CC.CC/C=C\CC(=O)OC.CC/C=C\CC(=O)OC.O=C=O. The second kappa shape index (κ2) is 76.8. The Labute approximate surface area is 261 Å². The quantitative estimate of drug-likeness (QED) is 0.130. The monoisotopic (exact) mass is 604 g/mol. The number of hydrogen-bond donors (Lipinski definition) is 0. The van der Waals surface area contributed by atoms with Crippen LogP contribution in [0.5, 0.6) is 0 Å². The van der Waals surface area contributed by atoms with E-state index in [1.807, 2.05) is 44.2 Å². The van der Waals surface area contributed by atoms with E-state index in [0.717, 1.165) is 19.3 Å². The number of ether oxygens (including phenoxy) is 3. The van der Waals surface area contributed by atoms with Crippen molar-refractivity contribution >= 4 is 24.1 Å². The fourth-order valence-corrected chi connectivity index (χ4v) is 1.39. The van der Waals surface area contributed by atoms with Crippen molar-refractivity contribution in [3.8, 4) is 0 Å². The van der Waals surface area contributed by atoms with E-state index in [-0.39, 0.29) is 53.8 Å². The summed E-state index contributed by atoms with van der Waals surface area (Å²) in [5.41, 5.74) is 0. The Morgan fingerprint density at radius 2 is 0.714 bits per heavy atom. The van der Waals surface area contributed by atoms with Crippen molar-refractivity contribution in [1.29, 1.82) is 0 Å². The van der Waals surface area contributed by atoms with Crippen LogP contribution in [0.1, 0.15) is 116 Å². The molecule has 0 aliphatic carbocycles. The van der Waals surface area contributed by atoms with Crippen molar-refractivity contribution in [2.75, 3.05) is 21.3 Å². The molecule has 0 aromatic carbocycles. The normalized spacial score (nSPS) is 7.81. The second-order valence-electron chi connectivity index (χ2n) is 6.46. The van der Waals surface area contributed by atoms with Crippen LogP contribution < -0.4 is 0 Å². The number of carbonyl (C=O) groups excluding carboxylic acids is 5. The van der Waals surface area contributed by atoms with Crippen molar-refractivity contribution in [1.82, 2.24) is 0 Å². The van der Waals surface area contributed by atoms with E-state index in [4.69, 9.17) is 9.59 Å². The summed E-state index contributed by atoms with van der Waals surface area (Å²) in [4.78, 5) is 47.2. The first kappa shape index (κ1) is 66.6. The number of rotatable bonds is 11. The number of hydrogen-bond acceptors (Lipinski definition) is 8. The van der Waals surface area contributed by atoms with Crippen LogP contribution in [-0.4, -0.2) is 45.4 Å². The van der Waals surface area contributed by atoms with E-state index in [0.29, 0.717) is 19.3 Å². The topological polar surface area (TPSA) is 113 Å². The highest BCUT2D eigenvalue weighted by Crippen LogP contribution is 1.88. The molecule has 0 saturated carbocycles. The Morgan fingerprint density at radius 1 is 0.500 bits per heavy atom. The summed E-state index contributed by atoms with van der Waals surface area (Å²) >= 11 is 0. The Balaban J connectivity index is -0.0000000370. The number of esters is 3. The van der Waals surface area contributed by atoms with Gasteiger partial charge in [-0.25, -0.2) is 0 Å². The highest BCUT2D eigenvalue weighted by Gasteiger charge is 1.92. The maximum atomic E-state index is 10.4. The first-order valence-electron chi connectivity index (χ1n) is 12.5. The Kier molecular flexibility index (Phi) is 122. The van der Waals surface area contributed by atoms with Gasteiger partial charge < -0.3 is 14.2 Å². The molecule has 0 aromatic heterocycles. The lowest BCUT2D eigenvalue weighted by atomic mass is 10.3. The second-order valence-corrected chi connectivity index (χ2v) is 6.46. The molecule has 8 heteroatoms. The molecule has 0 heterocycles. The van der Waals surface area contributed by atoms with E-state index >= 15 is 0 Å². The van der Waals surface area contributed by atoms with Gasteiger partial charge in [-0.05, 0) is 32.1 Å². The summed E-state index contributed by atoms with van der Waals surface area (Å²) in [5.74, 6) is -0.602. The molecule has 0 amide bonds. The van der Waals surface area contributed by atoms with Gasteiger partial charge >= 0.3 is 24.1 Å². The molecule has 8 nitrogen and oxygen atoms in total. The third-order valence-corrected chi connectivity index (χ3v) is 3.29. The van der Waals surface area contributed by atoms with Crippen LogP contribution in [0.3, 0.4) is 0 Å². The summed E-state index contributed by atoms with van der Waals surface area (Å²) < 4.78 is 13.1. The lowest BCUT2D eigenvalue weighted by Crippen LogP contribution is -1.96. The van der Waals surface area contributed by atoms with Gasteiger partial charge in [0.05, 0.1) is 40.6 Å². The third kappa shape index (κ3) is 121. The van der Waals surface area contributed by atoms with Crippen LogP contribution in [0.15, 0.2) is 61.8 Å². The molecular formula is C34H68O8. The maximum absolute atomic E-state index is 10.4. The Hall–Kier alpha value is -3.51. The average Bonchev–Trinajstić information content (AvgIpc) is 2.93. The van der Waals surface area contributed by atoms with Crippen LogP contribution in [0.4, 0.5) is 0 Å². The van der Waals surface area contributed by atoms with Crippen molar-refractivity contribution in [3.05, 3.63) is 61.8 Å². The molecule has 0 aromatic rings. The molecule has 42 heavy (non-hydrogen) atoms. The van der Waals surface area contributed by atoms with E-state index < -0.39 is 0 Å². The summed E-state index contributed by atoms with van der Waals surface area (Å²) in [6.07, 6.45) is 22.0. The Bertz CT molecular complexity index is 608. The standard InChI is InChI=1S/2C7H12O2.C6H12.C5H8O2.C4H8.CO2.4CH4/c2*1-3-4-5-6-7(8)9-2;1-3-5-6-4-2;1-3-4-5(6)7-2;1-3-4-2;2-1-3;;;;/h2*4-5H,3,6H2,1-2H3;5-6H,3-4H2,1-2H3;3H,1,4H2,2H3;3H,1,4H2,2H3;;4*1H4/b2*5-4-;6-5-;;;;;;;. The molecule has 0 saturated heterocycles. The van der Waals surface area contributed by atoms with Gasteiger partial charge in [0.25, 0.3) is 0 Å². The lowest BCUT2D eigenvalue weighted by Gasteiger charge is -1.90. The highest BCUT2D eigenvalue weighted by atomic mass is 16.5. The molecule has 0 unspecified atom stereocenters. The van der Waals surface area contributed by atoms with E-state index in [1.54, 1.807) is 0 Å².